The van der Waals surface area contributed by atoms with Crippen molar-refractivity contribution in [2.75, 3.05) is 27.6 Å². The smallest absolute Gasteiger partial charge is 0.375 e. The fourth-order valence-electron chi connectivity index (χ4n) is 2.78. The zero-order chi connectivity index (χ0) is 14.8. The van der Waals surface area contributed by atoms with Crippen LogP contribution in [0.4, 0.5) is 0 Å². The molecule has 0 spiro atoms. The lowest BCUT2D eigenvalue weighted by Crippen LogP contribution is -2.52. The Labute approximate surface area is 122 Å². The van der Waals surface area contributed by atoms with Crippen LogP contribution in [-0.4, -0.2) is 42.0 Å². The second-order valence-electron chi connectivity index (χ2n) is 5.36. The average Bonchev–Trinajstić information content (AvgIpc) is 2.78. The largest absolute Gasteiger partial charge is 0.527 e. The Balaban J connectivity index is 2.20. The van der Waals surface area contributed by atoms with Gasteiger partial charge in [0.05, 0.1) is 5.60 Å². The van der Waals surface area contributed by atoms with Gasteiger partial charge in [0, 0.05) is 27.2 Å². The van der Waals surface area contributed by atoms with Gasteiger partial charge in [0.25, 0.3) is 0 Å². The molecule has 0 N–H and O–H groups in total. The summed E-state index contributed by atoms with van der Waals surface area (Å²) in [5.74, 6) is 0.242. The van der Waals surface area contributed by atoms with Crippen LogP contribution in [0.1, 0.15) is 20.3 Å². The molecule has 0 heterocycles. The van der Waals surface area contributed by atoms with Crippen LogP contribution < -0.4 is 0 Å². The third-order valence-electron chi connectivity index (χ3n) is 4.53. The van der Waals surface area contributed by atoms with Crippen LogP contribution in [0.2, 0.25) is 0 Å². The summed E-state index contributed by atoms with van der Waals surface area (Å²) in [7, 11) is 2.10. The number of hydrogen-bond acceptors (Lipinski definition) is 4. The normalized spacial score (nSPS) is 29.1. The van der Waals surface area contributed by atoms with Gasteiger partial charge in [-0.2, -0.15) is 0 Å². The fraction of sp³-hybridized carbons (Fsp3) is 0.600. The van der Waals surface area contributed by atoms with Gasteiger partial charge in [-0.25, -0.2) is 0 Å². The Kier molecular flexibility index (Phi) is 4.66. The van der Waals surface area contributed by atoms with Crippen molar-refractivity contribution in [1.29, 1.82) is 0 Å². The highest BCUT2D eigenvalue weighted by Crippen LogP contribution is 2.41. The molecule has 3 aliphatic rings. The van der Waals surface area contributed by atoms with Crippen molar-refractivity contribution in [2.24, 2.45) is 5.92 Å². The maximum Gasteiger partial charge on any atom is 0.527 e. The quantitative estimate of drug-likeness (QED) is 0.558. The second-order valence-corrected chi connectivity index (χ2v) is 8.24. The molecule has 0 aromatic rings. The van der Waals surface area contributed by atoms with E-state index in [2.05, 4.69) is 38.2 Å². The molecule has 0 radical (unpaired) electrons. The summed E-state index contributed by atoms with van der Waals surface area (Å²) in [6.45, 7) is 4.28. The molecule has 2 bridgehead atoms. The minimum atomic E-state index is -2.71. The Bertz CT molecular complexity index is 443. The molecule has 112 valence electrons. The van der Waals surface area contributed by atoms with E-state index < -0.39 is 8.80 Å². The van der Waals surface area contributed by atoms with Crippen LogP contribution >= 0.6 is 0 Å². The molecular weight excluding hydrogens is 272 g/mol. The van der Waals surface area contributed by atoms with E-state index in [0.29, 0.717) is 6.23 Å². The van der Waals surface area contributed by atoms with E-state index in [-0.39, 0.29) is 11.5 Å². The summed E-state index contributed by atoms with van der Waals surface area (Å²) in [6, 6.07) is 0. The van der Waals surface area contributed by atoms with E-state index in [9.17, 15) is 0 Å². The Hall–Kier alpha value is -0.723. The highest BCUT2D eigenvalue weighted by molar-refractivity contribution is 6.60. The second kappa shape index (κ2) is 5.95. The molecule has 0 amide bonds. The molecule has 4 nitrogen and oxygen atoms in total. The van der Waals surface area contributed by atoms with Crippen LogP contribution in [0.25, 0.3) is 0 Å². The van der Waals surface area contributed by atoms with Crippen LogP contribution in [0.5, 0.6) is 0 Å². The first-order valence-electron chi connectivity index (χ1n) is 6.86. The number of fused-ring (bicyclic) bond motifs is 2. The Morgan fingerprint density at radius 2 is 1.85 bits per heavy atom. The van der Waals surface area contributed by atoms with Gasteiger partial charge in [-0.15, -0.1) is 0 Å². The zero-order valence-corrected chi connectivity index (χ0v) is 13.9. The topological polar surface area (TPSA) is 36.9 Å². The lowest BCUT2D eigenvalue weighted by atomic mass is 9.78. The van der Waals surface area contributed by atoms with Gasteiger partial charge in [-0.1, -0.05) is 24.3 Å². The van der Waals surface area contributed by atoms with Crippen LogP contribution in [0.15, 0.2) is 35.5 Å². The fourth-order valence-corrected chi connectivity index (χ4v) is 4.11. The van der Waals surface area contributed by atoms with Crippen LogP contribution in [0.3, 0.4) is 0 Å². The zero-order valence-electron chi connectivity index (χ0n) is 12.9. The van der Waals surface area contributed by atoms with Crippen molar-refractivity contribution in [3.05, 3.63) is 35.5 Å². The Morgan fingerprint density at radius 3 is 2.45 bits per heavy atom. The molecule has 20 heavy (non-hydrogen) atoms. The van der Waals surface area contributed by atoms with E-state index in [4.69, 9.17) is 18.0 Å². The minimum Gasteiger partial charge on any atom is -0.375 e. The van der Waals surface area contributed by atoms with Crippen LogP contribution in [-0.2, 0) is 18.0 Å². The number of ether oxygens (including phenoxy) is 1. The molecule has 0 aromatic heterocycles. The van der Waals surface area contributed by atoms with Gasteiger partial charge >= 0.3 is 8.80 Å². The predicted molar refractivity (Wildman–Crippen MR) is 80.2 cm³/mol. The maximum atomic E-state index is 6.26. The highest BCUT2D eigenvalue weighted by atomic mass is 28.4. The molecule has 3 rings (SSSR count). The molecule has 0 fully saturated rings. The van der Waals surface area contributed by atoms with Crippen molar-refractivity contribution >= 4 is 8.80 Å². The van der Waals surface area contributed by atoms with Crippen molar-refractivity contribution in [2.45, 2.75) is 25.9 Å². The molecule has 0 saturated heterocycles. The molecule has 2 atom stereocenters. The summed E-state index contributed by atoms with van der Waals surface area (Å²) in [4.78, 5) is 0. The van der Waals surface area contributed by atoms with Gasteiger partial charge < -0.3 is 18.0 Å². The highest BCUT2D eigenvalue weighted by Gasteiger charge is 2.45. The molecule has 0 aliphatic heterocycles. The molecule has 3 aliphatic carbocycles. The lowest BCUT2D eigenvalue weighted by molar-refractivity contribution is -0.0304. The SMILES string of the molecule is CO[Si](COC1(C)C(C)=C2C=CC1C=CC2)(OC)OC. The molecule has 0 saturated carbocycles. The van der Waals surface area contributed by atoms with Crippen molar-refractivity contribution in [3.63, 3.8) is 0 Å². The number of rotatable bonds is 6. The molecular formula is C15H24O4Si. The van der Waals surface area contributed by atoms with Gasteiger partial charge in [0.15, 0.2) is 0 Å². The van der Waals surface area contributed by atoms with E-state index in [1.54, 1.807) is 21.3 Å². The van der Waals surface area contributed by atoms with Gasteiger partial charge in [-0.05, 0) is 31.4 Å². The van der Waals surface area contributed by atoms with Crippen molar-refractivity contribution in [1.82, 2.24) is 0 Å². The van der Waals surface area contributed by atoms with E-state index >= 15 is 0 Å². The first kappa shape index (κ1) is 15.7. The first-order valence-corrected chi connectivity index (χ1v) is 8.79. The van der Waals surface area contributed by atoms with E-state index in [1.807, 2.05) is 0 Å². The standard InChI is InChI=1S/C15H24O4Si/c1-12-13-7-6-8-14(10-9-13)15(12,2)19-11-20(16-3,17-4)18-5/h6,8-10,14H,7,11H2,1-5H3. The number of hydrogen-bond donors (Lipinski definition) is 0. The number of allylic oxidation sites excluding steroid dienone is 3. The third-order valence-corrected chi connectivity index (χ3v) is 6.89. The van der Waals surface area contributed by atoms with Crippen molar-refractivity contribution < 1.29 is 18.0 Å². The van der Waals surface area contributed by atoms with Crippen LogP contribution in [0, 0.1) is 5.92 Å². The van der Waals surface area contributed by atoms with Gasteiger partial charge in [0.1, 0.15) is 6.23 Å². The average molecular weight is 296 g/mol. The minimum absolute atomic E-state index is 0.242. The molecule has 0 aromatic carbocycles. The van der Waals surface area contributed by atoms with E-state index in [1.165, 1.54) is 11.1 Å². The third kappa shape index (κ3) is 2.56. The maximum absolute atomic E-state index is 6.26. The molecule has 2 unspecified atom stereocenters. The monoisotopic (exact) mass is 296 g/mol. The van der Waals surface area contributed by atoms with E-state index in [0.717, 1.165) is 6.42 Å². The summed E-state index contributed by atoms with van der Waals surface area (Å²) in [5.41, 5.74) is 2.25. The Morgan fingerprint density at radius 1 is 1.20 bits per heavy atom. The van der Waals surface area contributed by atoms with Crippen molar-refractivity contribution in [3.8, 4) is 0 Å². The molecule has 5 heteroatoms. The lowest BCUT2D eigenvalue weighted by Gasteiger charge is -2.40. The summed E-state index contributed by atoms with van der Waals surface area (Å²) < 4.78 is 22.6. The first-order chi connectivity index (χ1) is 9.51. The predicted octanol–water partition coefficient (Wildman–Crippen LogP) is 2.64. The summed E-state index contributed by atoms with van der Waals surface area (Å²) in [5, 5.41) is 0. The summed E-state index contributed by atoms with van der Waals surface area (Å²) >= 11 is 0. The van der Waals surface area contributed by atoms with Gasteiger partial charge in [-0.3, -0.25) is 0 Å². The summed E-state index contributed by atoms with van der Waals surface area (Å²) in [6.07, 6.45) is 10.2. The van der Waals surface area contributed by atoms with Gasteiger partial charge in [0.2, 0.25) is 0 Å².